The van der Waals surface area contributed by atoms with Gasteiger partial charge in [0.25, 0.3) is 0 Å². The summed E-state index contributed by atoms with van der Waals surface area (Å²) in [5.74, 6) is 0. The third-order valence-corrected chi connectivity index (χ3v) is 0. The summed E-state index contributed by atoms with van der Waals surface area (Å²) in [4.78, 5) is 0. The van der Waals surface area contributed by atoms with Crippen LogP contribution in [0.3, 0.4) is 0 Å². The summed E-state index contributed by atoms with van der Waals surface area (Å²) in [6.45, 7) is 0. The van der Waals surface area contributed by atoms with Gasteiger partial charge < -0.3 is 49.2 Å². The van der Waals surface area contributed by atoms with Crippen LogP contribution in [0.15, 0.2) is 0 Å². The summed E-state index contributed by atoms with van der Waals surface area (Å²) in [7, 11) is 9.21. The molecule has 9 nitrogen and oxygen atoms in total. The van der Waals surface area contributed by atoms with Crippen molar-refractivity contribution in [1.82, 2.24) is 49.2 Å². The van der Waals surface area contributed by atoms with Crippen LogP contribution >= 0.6 is 19.4 Å². The Hall–Kier alpha value is 1.31. The van der Waals surface area contributed by atoms with Gasteiger partial charge in [-0.1, -0.05) is 0 Å². The molecule has 0 saturated carbocycles. The Labute approximate surface area is 105 Å². The summed E-state index contributed by atoms with van der Waals surface area (Å²) >= 11 is 1.00. The fourth-order valence-corrected chi connectivity index (χ4v) is 0. The summed E-state index contributed by atoms with van der Waals surface area (Å²) in [5, 5.41) is 0. The quantitative estimate of drug-likeness (QED) is 0.267. The van der Waals surface area contributed by atoms with Gasteiger partial charge in [-0.05, 0) is 0 Å². The molecule has 0 saturated heterocycles. The van der Waals surface area contributed by atoms with Crippen molar-refractivity contribution >= 4 is 19.4 Å². The van der Waals surface area contributed by atoms with E-state index in [0.717, 1.165) is 0 Å². The van der Waals surface area contributed by atoms with Crippen LogP contribution in [0.5, 0.6) is 0 Å². The molecule has 0 radical (unpaired) electrons. The molecule has 0 spiro atoms. The fourth-order valence-electron chi connectivity index (χ4n) is 0. The van der Waals surface area contributed by atoms with Crippen molar-refractivity contribution in [3.8, 4) is 0 Å². The van der Waals surface area contributed by atoms with Crippen molar-refractivity contribution in [2.75, 3.05) is 0 Å². The second-order valence-corrected chi connectivity index (χ2v) is 1.06. The van der Waals surface area contributed by atoms with Crippen LogP contribution < -0.4 is 49.2 Å². The van der Waals surface area contributed by atoms with Crippen LogP contribution in [0, 0.1) is 0 Å². The van der Waals surface area contributed by atoms with E-state index in [9.17, 15) is 0 Å². The second-order valence-electron chi connectivity index (χ2n) is 0.0598. The standard InChI is InChI=1S/2ClH.8H3N.N.2Ru/h2*1H;8*1H3;;;/q;;;;;;;;;;-1;+1;+4/p-2. The van der Waals surface area contributed by atoms with Gasteiger partial charge in [0.1, 0.15) is 0 Å². The average Bonchev–Trinajstić information content (AvgIpc) is 1.46. The predicted molar refractivity (Wildman–Crippen MR) is 55.2 cm³/mol. The zero-order valence-corrected chi connectivity index (χ0v) is 12.6. The molecule has 0 aromatic rings. The van der Waals surface area contributed by atoms with E-state index in [1.54, 1.807) is 0 Å². The molecule has 13 heteroatoms. The minimum atomic E-state index is -0.818. The molecule has 0 aromatic heterocycles. The third kappa shape index (κ3) is 996. The van der Waals surface area contributed by atoms with Crippen molar-refractivity contribution in [2.45, 2.75) is 0 Å². The monoisotopic (exact) mass is 424 g/mol. The number of hydrogen-bond acceptors (Lipinski definition) is 8. The Bertz CT molecular complexity index is 23.1. The van der Waals surface area contributed by atoms with Crippen molar-refractivity contribution in [3.63, 3.8) is 0 Å². The van der Waals surface area contributed by atoms with Crippen LogP contribution in [0.1, 0.15) is 0 Å². The summed E-state index contributed by atoms with van der Waals surface area (Å²) in [6.07, 6.45) is 0. The molecular formula is H24Cl2N9Ru2+2. The zero-order chi connectivity index (χ0) is 4.71. The van der Waals surface area contributed by atoms with Crippen LogP contribution in [-0.4, -0.2) is 0 Å². The molecule has 0 atom stereocenters. The molecule has 0 aliphatic rings. The molecule has 0 heterocycles. The van der Waals surface area contributed by atoms with E-state index in [4.69, 9.17) is 4.10 Å². The molecule has 0 amide bonds. The number of nitrogens with zero attached hydrogens (tertiary/aromatic N) is 1. The van der Waals surface area contributed by atoms with Crippen molar-refractivity contribution in [3.05, 3.63) is 4.10 Å². The second kappa shape index (κ2) is 379. The fraction of sp³-hybridized carbons (Fsp3) is 0. The molecule has 0 fully saturated rings. The van der Waals surface area contributed by atoms with Gasteiger partial charge in [0, 0.05) is 0 Å². The molecule has 0 aliphatic carbocycles. The first-order valence-electron chi connectivity index (χ1n) is 0.425. The molecule has 0 aliphatic heterocycles. The Morgan fingerprint density at radius 2 is 0.692 bits per heavy atom. The normalized spacial score (nSPS) is 1.69. The minimum absolute atomic E-state index is 0. The topological polar surface area (TPSA) is 302 Å². The zero-order valence-electron chi connectivity index (χ0n) is 7.57. The number of halogens is 2. The molecule has 0 aromatic carbocycles. The molecule has 0 unspecified atom stereocenters. The van der Waals surface area contributed by atoms with Crippen LogP contribution in [0.25, 0.3) is 4.10 Å². The molecule has 0 rings (SSSR count). The predicted octanol–water partition coefficient (Wildman–Crippen LogP) is 2.96. The van der Waals surface area contributed by atoms with Crippen molar-refractivity contribution < 1.29 is 33.3 Å². The maximum absolute atomic E-state index is 7.42. The van der Waals surface area contributed by atoms with Gasteiger partial charge in [-0.3, -0.25) is 0 Å². The Morgan fingerprint density at radius 3 is 0.692 bits per heavy atom. The van der Waals surface area contributed by atoms with E-state index < -0.39 is 15.9 Å². The average molecular weight is 423 g/mol. The first-order valence-corrected chi connectivity index (χ1v) is 5.68. The van der Waals surface area contributed by atoms with Crippen LogP contribution in [0.4, 0.5) is 0 Å². The first kappa shape index (κ1) is 137. The van der Waals surface area contributed by atoms with E-state index in [0.29, 0.717) is 0 Å². The molecule has 97 valence electrons. The van der Waals surface area contributed by atoms with Gasteiger partial charge in [-0.25, -0.2) is 0 Å². The molecular weight excluding hydrogens is 399 g/mol. The van der Waals surface area contributed by atoms with E-state index >= 15 is 0 Å². The van der Waals surface area contributed by atoms with Gasteiger partial charge in [0.2, 0.25) is 0 Å². The van der Waals surface area contributed by atoms with Gasteiger partial charge in [0.15, 0.2) is 0 Å². The Morgan fingerprint density at radius 1 is 0.692 bits per heavy atom. The summed E-state index contributed by atoms with van der Waals surface area (Å²) in [5.41, 5.74) is 0. The molecule has 13 heavy (non-hydrogen) atoms. The van der Waals surface area contributed by atoms with E-state index in [1.165, 1.54) is 0 Å². The van der Waals surface area contributed by atoms with Crippen molar-refractivity contribution in [1.29, 1.82) is 0 Å². The van der Waals surface area contributed by atoms with E-state index in [-0.39, 0.29) is 49.2 Å². The van der Waals surface area contributed by atoms with Gasteiger partial charge in [-0.15, -0.1) is 0 Å². The van der Waals surface area contributed by atoms with E-state index in [1.807, 2.05) is 17.3 Å². The van der Waals surface area contributed by atoms with Gasteiger partial charge in [0.05, 0.1) is 0 Å². The van der Waals surface area contributed by atoms with Gasteiger partial charge >= 0.3 is 56.7 Å². The number of rotatable bonds is 0. The first-order chi connectivity index (χ1) is 2.41. The van der Waals surface area contributed by atoms with Crippen LogP contribution in [-0.2, 0) is 33.3 Å². The molecule has 24 N–H and O–H groups in total. The van der Waals surface area contributed by atoms with Gasteiger partial charge in [-0.2, -0.15) is 0 Å². The Kier molecular flexibility index (Phi) is 3980. The summed E-state index contributed by atoms with van der Waals surface area (Å²) in [6, 6.07) is 0. The van der Waals surface area contributed by atoms with Crippen LogP contribution in [0.2, 0.25) is 0 Å². The summed E-state index contributed by atoms with van der Waals surface area (Å²) < 4.78 is 7.42. The maximum atomic E-state index is 7.42. The third-order valence-electron chi connectivity index (χ3n) is 0. The number of hydrogen-bond donors (Lipinski definition) is 8. The Balaban J connectivity index is -0.00000000109. The van der Waals surface area contributed by atoms with Crippen molar-refractivity contribution in [2.24, 2.45) is 0 Å². The molecule has 0 bridgehead atoms. The SMILES string of the molecule is N.N.N.N.N.N.N.N.[Cl][Ru+3].[N-]=[Ru][Cl]. The van der Waals surface area contributed by atoms with E-state index in [2.05, 4.69) is 19.4 Å².